The van der Waals surface area contributed by atoms with E-state index in [4.69, 9.17) is 0 Å². The SMILES string of the molecule is CCN1CCN(c2ccc(NC(=O)C3(c4ccc(Br)cc4)CCCC3)cc2)CC1. The van der Waals surface area contributed by atoms with Crippen LogP contribution < -0.4 is 10.2 Å². The summed E-state index contributed by atoms with van der Waals surface area (Å²) in [5.41, 5.74) is 2.84. The Morgan fingerprint density at radius 2 is 1.59 bits per heavy atom. The van der Waals surface area contributed by atoms with Gasteiger partial charge in [-0.2, -0.15) is 0 Å². The number of carbonyl (C=O) groups is 1. The fraction of sp³-hybridized carbons (Fsp3) is 0.458. The molecule has 0 unspecified atom stereocenters. The number of piperazine rings is 1. The zero-order chi connectivity index (χ0) is 20.3. The van der Waals surface area contributed by atoms with Crippen LogP contribution in [0.3, 0.4) is 0 Å². The van der Waals surface area contributed by atoms with E-state index in [9.17, 15) is 4.79 Å². The minimum Gasteiger partial charge on any atom is -0.369 e. The number of halogens is 1. The Morgan fingerprint density at radius 1 is 0.966 bits per heavy atom. The first-order valence-electron chi connectivity index (χ1n) is 10.8. The molecule has 0 atom stereocenters. The highest BCUT2D eigenvalue weighted by molar-refractivity contribution is 9.10. The number of hydrogen-bond acceptors (Lipinski definition) is 3. The van der Waals surface area contributed by atoms with E-state index in [-0.39, 0.29) is 5.91 Å². The van der Waals surface area contributed by atoms with Crippen molar-refractivity contribution in [1.82, 2.24) is 4.90 Å². The van der Waals surface area contributed by atoms with Crippen LogP contribution in [0.1, 0.15) is 38.2 Å². The fourth-order valence-corrected chi connectivity index (χ4v) is 4.99. The van der Waals surface area contributed by atoms with Crippen molar-refractivity contribution in [1.29, 1.82) is 0 Å². The van der Waals surface area contributed by atoms with E-state index in [0.29, 0.717) is 0 Å². The number of likely N-dealkylation sites (N-methyl/N-ethyl adjacent to an activating group) is 1. The topological polar surface area (TPSA) is 35.6 Å². The Labute approximate surface area is 182 Å². The zero-order valence-electron chi connectivity index (χ0n) is 17.2. The maximum atomic E-state index is 13.3. The molecule has 2 aromatic rings. The quantitative estimate of drug-likeness (QED) is 0.685. The average Bonchev–Trinajstić information content (AvgIpc) is 3.26. The van der Waals surface area contributed by atoms with Gasteiger partial charge in [0.1, 0.15) is 0 Å². The first-order valence-corrected chi connectivity index (χ1v) is 11.5. The predicted octanol–water partition coefficient (Wildman–Crippen LogP) is 5.04. The molecule has 0 radical (unpaired) electrons. The van der Waals surface area contributed by atoms with Gasteiger partial charge in [0.2, 0.25) is 5.91 Å². The van der Waals surface area contributed by atoms with Crippen LogP contribution >= 0.6 is 15.9 Å². The number of anilines is 2. The number of nitrogens with zero attached hydrogens (tertiary/aromatic N) is 2. The van der Waals surface area contributed by atoms with Crippen LogP contribution in [-0.2, 0) is 10.2 Å². The number of rotatable bonds is 5. The highest BCUT2D eigenvalue weighted by Crippen LogP contribution is 2.42. The summed E-state index contributed by atoms with van der Waals surface area (Å²) in [6.45, 7) is 7.70. The summed E-state index contributed by atoms with van der Waals surface area (Å²) < 4.78 is 1.05. The Balaban J connectivity index is 1.45. The third-order valence-electron chi connectivity index (χ3n) is 6.60. The monoisotopic (exact) mass is 455 g/mol. The van der Waals surface area contributed by atoms with Crippen molar-refractivity contribution in [3.63, 3.8) is 0 Å². The van der Waals surface area contributed by atoms with Crippen LogP contribution in [0.15, 0.2) is 53.0 Å². The van der Waals surface area contributed by atoms with E-state index in [1.807, 2.05) is 24.3 Å². The molecular formula is C24H30BrN3O. The highest BCUT2D eigenvalue weighted by Gasteiger charge is 2.42. The molecule has 1 aliphatic carbocycles. The average molecular weight is 456 g/mol. The summed E-state index contributed by atoms with van der Waals surface area (Å²) in [6, 6.07) is 16.6. The molecule has 0 spiro atoms. The first-order chi connectivity index (χ1) is 14.1. The van der Waals surface area contributed by atoms with Crippen LogP contribution in [0.4, 0.5) is 11.4 Å². The molecular weight excluding hydrogens is 426 g/mol. The summed E-state index contributed by atoms with van der Waals surface area (Å²) in [6.07, 6.45) is 4.04. The van der Waals surface area contributed by atoms with Gasteiger partial charge in [0, 0.05) is 42.0 Å². The molecule has 2 fully saturated rings. The molecule has 0 aromatic heterocycles. The molecule has 2 aromatic carbocycles. The molecule has 154 valence electrons. The van der Waals surface area contributed by atoms with E-state index in [2.05, 4.69) is 62.2 Å². The van der Waals surface area contributed by atoms with Crippen molar-refractivity contribution in [2.45, 2.75) is 38.0 Å². The lowest BCUT2D eigenvalue weighted by Gasteiger charge is -2.35. The van der Waals surface area contributed by atoms with Crippen molar-refractivity contribution >= 4 is 33.2 Å². The van der Waals surface area contributed by atoms with Gasteiger partial charge in [-0.15, -0.1) is 0 Å². The van der Waals surface area contributed by atoms with Gasteiger partial charge in [-0.05, 0) is 61.3 Å². The second-order valence-corrected chi connectivity index (χ2v) is 9.13. The third kappa shape index (κ3) is 4.36. The van der Waals surface area contributed by atoms with Crippen molar-refractivity contribution in [2.24, 2.45) is 0 Å². The molecule has 1 aliphatic heterocycles. The van der Waals surface area contributed by atoms with Crippen LogP contribution in [0.25, 0.3) is 0 Å². The molecule has 4 rings (SSSR count). The van der Waals surface area contributed by atoms with Gasteiger partial charge < -0.3 is 15.1 Å². The number of benzene rings is 2. The second kappa shape index (κ2) is 8.88. The van der Waals surface area contributed by atoms with Crippen molar-refractivity contribution in [3.05, 3.63) is 58.6 Å². The number of carbonyl (C=O) groups excluding carboxylic acids is 1. The van der Waals surface area contributed by atoms with Gasteiger partial charge >= 0.3 is 0 Å². The molecule has 4 nitrogen and oxygen atoms in total. The number of nitrogens with one attached hydrogen (secondary N) is 1. The summed E-state index contributed by atoms with van der Waals surface area (Å²) in [5, 5.41) is 3.21. The first kappa shape index (κ1) is 20.4. The highest BCUT2D eigenvalue weighted by atomic mass is 79.9. The van der Waals surface area contributed by atoms with Gasteiger partial charge in [-0.25, -0.2) is 0 Å². The maximum absolute atomic E-state index is 13.3. The van der Waals surface area contributed by atoms with Crippen molar-refractivity contribution in [3.8, 4) is 0 Å². The molecule has 2 aliphatic rings. The van der Waals surface area contributed by atoms with Gasteiger partial charge in [0.15, 0.2) is 0 Å². The van der Waals surface area contributed by atoms with Gasteiger partial charge in [-0.1, -0.05) is 47.8 Å². The van der Waals surface area contributed by atoms with Crippen LogP contribution in [0, 0.1) is 0 Å². The summed E-state index contributed by atoms with van der Waals surface area (Å²) >= 11 is 3.50. The number of amides is 1. The summed E-state index contributed by atoms with van der Waals surface area (Å²) in [4.78, 5) is 18.2. The standard InChI is InChI=1S/C24H30BrN3O/c1-2-27-15-17-28(18-16-27)22-11-9-21(10-12-22)26-23(29)24(13-3-4-14-24)19-5-7-20(25)8-6-19/h5-12H,2-4,13-18H2,1H3,(H,26,29). The molecule has 0 bridgehead atoms. The Morgan fingerprint density at radius 3 is 2.17 bits per heavy atom. The van der Waals surface area contributed by atoms with Gasteiger partial charge in [0.05, 0.1) is 5.41 Å². The Hall–Kier alpha value is -1.85. The number of hydrogen-bond donors (Lipinski definition) is 1. The molecule has 5 heteroatoms. The van der Waals surface area contributed by atoms with E-state index >= 15 is 0 Å². The third-order valence-corrected chi connectivity index (χ3v) is 7.13. The maximum Gasteiger partial charge on any atom is 0.235 e. The van der Waals surface area contributed by atoms with E-state index < -0.39 is 5.41 Å². The van der Waals surface area contributed by atoms with Crippen LogP contribution in [0.2, 0.25) is 0 Å². The zero-order valence-corrected chi connectivity index (χ0v) is 18.7. The lowest BCUT2D eigenvalue weighted by atomic mass is 9.78. The molecule has 29 heavy (non-hydrogen) atoms. The van der Waals surface area contributed by atoms with Crippen molar-refractivity contribution < 1.29 is 4.79 Å². The molecule has 1 heterocycles. The molecule has 1 amide bonds. The second-order valence-electron chi connectivity index (χ2n) is 8.22. The van der Waals surface area contributed by atoms with Gasteiger partial charge in [0.25, 0.3) is 0 Å². The van der Waals surface area contributed by atoms with Crippen LogP contribution in [0.5, 0.6) is 0 Å². The van der Waals surface area contributed by atoms with Gasteiger partial charge in [-0.3, -0.25) is 4.79 Å². The lowest BCUT2D eigenvalue weighted by Crippen LogP contribution is -2.46. The largest absolute Gasteiger partial charge is 0.369 e. The normalized spacial score (nSPS) is 19.3. The van der Waals surface area contributed by atoms with E-state index in [1.54, 1.807) is 0 Å². The Kier molecular flexibility index (Phi) is 6.26. The predicted molar refractivity (Wildman–Crippen MR) is 124 cm³/mol. The molecule has 1 saturated heterocycles. The van der Waals surface area contributed by atoms with Crippen molar-refractivity contribution in [2.75, 3.05) is 42.9 Å². The smallest absolute Gasteiger partial charge is 0.235 e. The minimum absolute atomic E-state index is 0.127. The molecule has 1 saturated carbocycles. The van der Waals surface area contributed by atoms with E-state index in [1.165, 1.54) is 5.69 Å². The molecule has 1 N–H and O–H groups in total. The minimum atomic E-state index is -0.407. The van der Waals surface area contributed by atoms with E-state index in [0.717, 1.165) is 74.1 Å². The fourth-order valence-electron chi connectivity index (χ4n) is 4.72. The summed E-state index contributed by atoms with van der Waals surface area (Å²) in [7, 11) is 0. The Bertz CT molecular complexity index is 820. The van der Waals surface area contributed by atoms with Crippen LogP contribution in [-0.4, -0.2) is 43.5 Å². The summed E-state index contributed by atoms with van der Waals surface area (Å²) in [5.74, 6) is 0.127. The lowest BCUT2D eigenvalue weighted by molar-refractivity contribution is -0.121.